The number of amides is 1. The van der Waals surface area contributed by atoms with E-state index in [-0.39, 0.29) is 10.8 Å². The summed E-state index contributed by atoms with van der Waals surface area (Å²) in [5.41, 5.74) is 0.393. The van der Waals surface area contributed by atoms with Gasteiger partial charge in [-0.2, -0.15) is 4.31 Å². The lowest BCUT2D eigenvalue weighted by atomic mass is 10.0. The van der Waals surface area contributed by atoms with Gasteiger partial charge in [0, 0.05) is 19.1 Å². The quantitative estimate of drug-likeness (QED) is 0.676. The first kappa shape index (κ1) is 22.6. The Morgan fingerprint density at radius 3 is 2.57 bits per heavy atom. The molecule has 1 heterocycles. The van der Waals surface area contributed by atoms with Crippen molar-refractivity contribution in [1.29, 1.82) is 0 Å². The van der Waals surface area contributed by atoms with Crippen molar-refractivity contribution in [2.24, 2.45) is 0 Å². The third kappa shape index (κ3) is 5.46. The van der Waals surface area contributed by atoms with Crippen LogP contribution in [0.4, 0.5) is 5.69 Å². The maximum Gasteiger partial charge on any atom is 0.243 e. The van der Waals surface area contributed by atoms with E-state index < -0.39 is 10.0 Å². The topological polar surface area (TPSA) is 79.0 Å². The number of nitrogens with one attached hydrogen (secondary N) is 1. The number of piperidine rings is 1. The molecule has 1 aromatic carbocycles. The number of sulfonamides is 1. The summed E-state index contributed by atoms with van der Waals surface area (Å²) in [6.45, 7) is 9.99. The molecule has 1 N–H and O–H groups in total. The maximum absolute atomic E-state index is 12.8. The van der Waals surface area contributed by atoms with Gasteiger partial charge >= 0.3 is 0 Å². The summed E-state index contributed by atoms with van der Waals surface area (Å²) in [5, 5.41) is 2.86. The zero-order valence-electron chi connectivity index (χ0n) is 17.4. The van der Waals surface area contributed by atoms with E-state index in [1.807, 2.05) is 6.92 Å². The molecule has 7 nitrogen and oxygen atoms in total. The largest absolute Gasteiger partial charge is 0.492 e. The van der Waals surface area contributed by atoms with Crippen LogP contribution in [0, 0.1) is 0 Å². The van der Waals surface area contributed by atoms with Crippen molar-refractivity contribution in [2.75, 3.05) is 38.1 Å². The average molecular weight is 412 g/mol. The first-order valence-corrected chi connectivity index (χ1v) is 11.6. The van der Waals surface area contributed by atoms with Gasteiger partial charge in [-0.1, -0.05) is 20.3 Å². The predicted molar refractivity (Wildman–Crippen MR) is 111 cm³/mol. The van der Waals surface area contributed by atoms with Crippen molar-refractivity contribution in [3.8, 4) is 5.75 Å². The van der Waals surface area contributed by atoms with Crippen LogP contribution in [0.1, 0.15) is 47.0 Å². The van der Waals surface area contributed by atoms with Gasteiger partial charge in [0.2, 0.25) is 15.9 Å². The van der Waals surface area contributed by atoms with Crippen LogP contribution in [0.5, 0.6) is 5.75 Å². The van der Waals surface area contributed by atoms with Crippen molar-refractivity contribution < 1.29 is 17.9 Å². The lowest BCUT2D eigenvalue weighted by Gasteiger charge is -2.32. The molecule has 1 fully saturated rings. The van der Waals surface area contributed by atoms with Gasteiger partial charge in [-0.25, -0.2) is 8.42 Å². The number of ether oxygens (including phenoxy) is 1. The number of likely N-dealkylation sites (tertiary alicyclic amines) is 1. The summed E-state index contributed by atoms with van der Waals surface area (Å²) < 4.78 is 32.6. The Balaban J connectivity index is 2.24. The minimum atomic E-state index is -3.61. The van der Waals surface area contributed by atoms with E-state index in [2.05, 4.69) is 17.1 Å². The summed E-state index contributed by atoms with van der Waals surface area (Å²) in [5.74, 6) is 0.313. The first-order chi connectivity index (χ1) is 13.3. The molecule has 1 aliphatic rings. The molecule has 2 rings (SSSR count). The molecule has 1 saturated heterocycles. The number of rotatable bonds is 9. The molecule has 8 heteroatoms. The van der Waals surface area contributed by atoms with Crippen molar-refractivity contribution in [1.82, 2.24) is 9.21 Å². The molecule has 158 valence electrons. The van der Waals surface area contributed by atoms with Crippen LogP contribution in [-0.2, 0) is 14.8 Å². The van der Waals surface area contributed by atoms with Crippen molar-refractivity contribution >= 4 is 21.6 Å². The Kier molecular flexibility index (Phi) is 8.27. The molecule has 1 amide bonds. The third-order valence-electron chi connectivity index (χ3n) is 5.16. The fourth-order valence-electron chi connectivity index (χ4n) is 3.53. The van der Waals surface area contributed by atoms with Crippen LogP contribution < -0.4 is 10.1 Å². The summed E-state index contributed by atoms with van der Waals surface area (Å²) in [4.78, 5) is 14.9. The molecule has 1 aromatic rings. The highest BCUT2D eigenvalue weighted by atomic mass is 32.2. The molecule has 0 aliphatic carbocycles. The summed E-state index contributed by atoms with van der Waals surface area (Å²) in [7, 11) is -3.61. The molecule has 0 unspecified atom stereocenters. The Morgan fingerprint density at radius 2 is 1.96 bits per heavy atom. The number of anilines is 1. The van der Waals surface area contributed by atoms with Crippen LogP contribution in [0.2, 0.25) is 0 Å². The van der Waals surface area contributed by atoms with E-state index in [1.165, 1.54) is 22.9 Å². The Hall–Kier alpha value is -1.64. The first-order valence-electron chi connectivity index (χ1n) is 10.1. The minimum Gasteiger partial charge on any atom is -0.492 e. The van der Waals surface area contributed by atoms with Gasteiger partial charge in [0.25, 0.3) is 0 Å². The van der Waals surface area contributed by atoms with E-state index in [9.17, 15) is 13.2 Å². The molecular formula is C20H33N3O4S. The maximum atomic E-state index is 12.8. The highest BCUT2D eigenvalue weighted by molar-refractivity contribution is 7.89. The molecule has 0 aromatic heterocycles. The molecule has 1 atom stereocenters. The zero-order valence-corrected chi connectivity index (χ0v) is 18.2. The zero-order chi connectivity index (χ0) is 20.7. The van der Waals surface area contributed by atoms with Gasteiger partial charge in [0.1, 0.15) is 5.75 Å². The van der Waals surface area contributed by atoms with Gasteiger partial charge in [0.05, 0.1) is 23.7 Å². The van der Waals surface area contributed by atoms with Crippen LogP contribution in [0.25, 0.3) is 0 Å². The fourth-order valence-corrected chi connectivity index (χ4v) is 5.01. The normalized spacial score (nSPS) is 18.2. The molecule has 0 bridgehead atoms. The monoisotopic (exact) mass is 411 g/mol. The summed E-state index contributed by atoms with van der Waals surface area (Å²) >= 11 is 0. The fraction of sp³-hybridized carbons (Fsp3) is 0.650. The number of carbonyl (C=O) groups excluding carboxylic acids is 1. The highest BCUT2D eigenvalue weighted by Crippen LogP contribution is 2.29. The summed E-state index contributed by atoms with van der Waals surface area (Å²) in [6, 6.07) is 5.01. The average Bonchev–Trinajstić information content (AvgIpc) is 2.66. The SMILES string of the molecule is CCOc1ccc(S(=O)(=O)N(CC)CC)cc1NC(=O)CN1CCCC[C@@H]1C. The predicted octanol–water partition coefficient (Wildman–Crippen LogP) is 2.93. The van der Waals surface area contributed by atoms with Gasteiger partial charge < -0.3 is 10.1 Å². The summed E-state index contributed by atoms with van der Waals surface area (Å²) in [6.07, 6.45) is 3.38. The number of hydrogen-bond donors (Lipinski definition) is 1. The molecule has 1 aliphatic heterocycles. The number of carbonyl (C=O) groups is 1. The molecule has 28 heavy (non-hydrogen) atoms. The standard InChI is InChI=1S/C20H33N3O4S/c1-5-23(6-2)28(25,26)17-11-12-19(27-7-3)18(14-17)21-20(24)15-22-13-9-8-10-16(22)4/h11-12,14,16H,5-10,13,15H2,1-4H3,(H,21,24)/t16-/m0/s1. The van der Waals surface area contributed by atoms with Crippen molar-refractivity contribution in [2.45, 2.75) is 57.9 Å². The van der Waals surface area contributed by atoms with Gasteiger partial charge in [-0.05, 0) is 51.4 Å². The lowest BCUT2D eigenvalue weighted by molar-refractivity contribution is -0.118. The lowest BCUT2D eigenvalue weighted by Crippen LogP contribution is -2.42. The molecule has 0 saturated carbocycles. The van der Waals surface area contributed by atoms with E-state index in [1.54, 1.807) is 19.9 Å². The van der Waals surface area contributed by atoms with Gasteiger partial charge in [-0.15, -0.1) is 0 Å². The van der Waals surface area contributed by atoms with Gasteiger partial charge in [0.15, 0.2) is 0 Å². The van der Waals surface area contributed by atoms with Crippen LogP contribution >= 0.6 is 0 Å². The van der Waals surface area contributed by atoms with E-state index >= 15 is 0 Å². The van der Waals surface area contributed by atoms with Crippen LogP contribution in [0.15, 0.2) is 23.1 Å². The Bertz CT molecular complexity index is 763. The third-order valence-corrected chi connectivity index (χ3v) is 7.20. The Labute approximate surface area is 169 Å². The van der Waals surface area contributed by atoms with Crippen molar-refractivity contribution in [3.63, 3.8) is 0 Å². The minimum absolute atomic E-state index is 0.154. The highest BCUT2D eigenvalue weighted by Gasteiger charge is 2.24. The Morgan fingerprint density at radius 1 is 1.25 bits per heavy atom. The van der Waals surface area contributed by atoms with E-state index in [0.29, 0.717) is 43.7 Å². The van der Waals surface area contributed by atoms with E-state index in [0.717, 1.165) is 19.4 Å². The second-order valence-electron chi connectivity index (χ2n) is 7.04. The molecule has 0 spiro atoms. The second kappa shape index (κ2) is 10.2. The second-order valence-corrected chi connectivity index (χ2v) is 8.98. The van der Waals surface area contributed by atoms with Crippen LogP contribution in [0.3, 0.4) is 0 Å². The number of benzene rings is 1. The number of nitrogens with zero attached hydrogens (tertiary/aromatic N) is 2. The molecular weight excluding hydrogens is 378 g/mol. The van der Waals surface area contributed by atoms with Crippen molar-refractivity contribution in [3.05, 3.63) is 18.2 Å². The smallest absolute Gasteiger partial charge is 0.243 e. The van der Waals surface area contributed by atoms with Crippen LogP contribution in [-0.4, -0.2) is 62.4 Å². The van der Waals surface area contributed by atoms with E-state index in [4.69, 9.17) is 4.74 Å². The molecule has 0 radical (unpaired) electrons. The number of hydrogen-bond acceptors (Lipinski definition) is 5. The van der Waals surface area contributed by atoms with Gasteiger partial charge in [-0.3, -0.25) is 9.69 Å².